The van der Waals surface area contributed by atoms with Crippen LogP contribution in [0.2, 0.25) is 10.0 Å². The van der Waals surface area contributed by atoms with E-state index >= 15 is 0 Å². The third-order valence-corrected chi connectivity index (χ3v) is 5.09. The quantitative estimate of drug-likeness (QED) is 0.554. The van der Waals surface area contributed by atoms with Gasteiger partial charge in [0, 0.05) is 19.8 Å². The molecule has 3 rings (SSSR count). The van der Waals surface area contributed by atoms with Gasteiger partial charge in [0.05, 0.1) is 10.7 Å². The van der Waals surface area contributed by atoms with Gasteiger partial charge in [-0.3, -0.25) is 0 Å². The second kappa shape index (κ2) is 9.58. The summed E-state index contributed by atoms with van der Waals surface area (Å²) in [6.45, 7) is 0.598. The Hall–Kier alpha value is -2.83. The number of ether oxygens (including phenoxy) is 1. The van der Waals surface area contributed by atoms with E-state index in [4.69, 9.17) is 27.9 Å². The maximum absolute atomic E-state index is 11.5. The molecular weight excluding hydrogens is 413 g/mol. The Kier molecular flexibility index (Phi) is 6.90. The van der Waals surface area contributed by atoms with Crippen molar-refractivity contribution in [1.29, 1.82) is 0 Å². The van der Waals surface area contributed by atoms with Gasteiger partial charge in [0.2, 0.25) is 5.95 Å². The number of rotatable bonds is 8. The molecule has 150 valence electrons. The van der Waals surface area contributed by atoms with Crippen molar-refractivity contribution >= 4 is 35.1 Å². The number of benzene rings is 2. The number of halogens is 2. The van der Waals surface area contributed by atoms with E-state index in [0.717, 1.165) is 6.42 Å². The van der Waals surface area contributed by atoms with Gasteiger partial charge in [0.15, 0.2) is 0 Å². The van der Waals surface area contributed by atoms with E-state index in [-0.39, 0.29) is 22.9 Å². The molecule has 0 aliphatic rings. The summed E-state index contributed by atoms with van der Waals surface area (Å²) in [5, 5.41) is 10.1. The predicted octanol–water partition coefficient (Wildman–Crippen LogP) is 4.74. The first-order valence-electron chi connectivity index (χ1n) is 8.87. The lowest BCUT2D eigenvalue weighted by Gasteiger charge is -2.18. The number of hydrogen-bond donors (Lipinski definition) is 1. The molecule has 0 aliphatic heterocycles. The van der Waals surface area contributed by atoms with Crippen LogP contribution in [-0.4, -0.2) is 34.6 Å². The molecule has 0 fully saturated rings. The number of hydrogen-bond acceptors (Lipinski definition) is 5. The van der Waals surface area contributed by atoms with Crippen LogP contribution in [0.1, 0.15) is 21.6 Å². The molecule has 0 saturated heterocycles. The third-order valence-electron chi connectivity index (χ3n) is 4.29. The topological polar surface area (TPSA) is 75.6 Å². The molecule has 2 aromatic carbocycles. The molecule has 0 atom stereocenters. The molecule has 1 aromatic heterocycles. The summed E-state index contributed by atoms with van der Waals surface area (Å²) in [5.74, 6) is -0.353. The first kappa shape index (κ1) is 20.9. The van der Waals surface area contributed by atoms with Crippen LogP contribution in [-0.2, 0) is 13.0 Å². The second-order valence-corrected chi connectivity index (χ2v) is 7.12. The van der Waals surface area contributed by atoms with Crippen molar-refractivity contribution in [3.05, 3.63) is 81.6 Å². The molecule has 29 heavy (non-hydrogen) atoms. The maximum atomic E-state index is 11.5. The van der Waals surface area contributed by atoms with Crippen molar-refractivity contribution in [3.8, 4) is 5.75 Å². The van der Waals surface area contributed by atoms with Crippen LogP contribution in [0.5, 0.6) is 5.75 Å². The average molecular weight is 432 g/mol. The SMILES string of the molecule is CN(CCc1ccccc1)c1ncc(C(=O)O)c(COc2cccc(Cl)c2Cl)n1. The predicted molar refractivity (Wildman–Crippen MR) is 113 cm³/mol. The number of carboxylic acid groups (broad SMARTS) is 1. The molecule has 0 aliphatic carbocycles. The highest BCUT2D eigenvalue weighted by Gasteiger charge is 2.17. The van der Waals surface area contributed by atoms with E-state index in [2.05, 4.69) is 22.1 Å². The van der Waals surface area contributed by atoms with Crippen LogP contribution < -0.4 is 9.64 Å². The average Bonchev–Trinajstić information content (AvgIpc) is 2.73. The zero-order valence-corrected chi connectivity index (χ0v) is 17.2. The number of carboxylic acids is 1. The van der Waals surface area contributed by atoms with Crippen molar-refractivity contribution in [2.24, 2.45) is 0 Å². The summed E-state index contributed by atoms with van der Waals surface area (Å²) in [6, 6.07) is 15.1. The van der Waals surface area contributed by atoms with Gasteiger partial charge in [-0.2, -0.15) is 0 Å². The maximum Gasteiger partial charge on any atom is 0.339 e. The lowest BCUT2D eigenvalue weighted by molar-refractivity contribution is 0.0692. The number of aromatic nitrogens is 2. The lowest BCUT2D eigenvalue weighted by atomic mass is 10.1. The molecular formula is C21H19Cl2N3O3. The van der Waals surface area contributed by atoms with Gasteiger partial charge in [0.25, 0.3) is 0 Å². The van der Waals surface area contributed by atoms with Crippen LogP contribution >= 0.6 is 23.2 Å². The molecule has 0 saturated carbocycles. The van der Waals surface area contributed by atoms with E-state index in [9.17, 15) is 9.90 Å². The van der Waals surface area contributed by atoms with E-state index in [0.29, 0.717) is 23.3 Å². The summed E-state index contributed by atoms with van der Waals surface area (Å²) in [5.41, 5.74) is 1.43. The number of nitrogens with zero attached hydrogens (tertiary/aromatic N) is 3. The first-order valence-corrected chi connectivity index (χ1v) is 9.62. The van der Waals surface area contributed by atoms with Gasteiger partial charge < -0.3 is 14.7 Å². The highest BCUT2D eigenvalue weighted by atomic mass is 35.5. The Labute approximate surface area is 178 Å². The Bertz CT molecular complexity index is 1000. The van der Waals surface area contributed by atoms with Crippen molar-refractivity contribution in [2.45, 2.75) is 13.0 Å². The van der Waals surface area contributed by atoms with Crippen LogP contribution in [0.15, 0.2) is 54.7 Å². The Morgan fingerprint density at radius 2 is 1.90 bits per heavy atom. The Morgan fingerprint density at radius 1 is 1.14 bits per heavy atom. The molecule has 0 unspecified atom stereocenters. The molecule has 0 radical (unpaired) electrons. The molecule has 0 bridgehead atoms. The highest BCUT2D eigenvalue weighted by molar-refractivity contribution is 6.42. The van der Waals surface area contributed by atoms with Crippen LogP contribution in [0, 0.1) is 0 Å². The largest absolute Gasteiger partial charge is 0.486 e. The van der Waals surface area contributed by atoms with Crippen molar-refractivity contribution in [1.82, 2.24) is 9.97 Å². The van der Waals surface area contributed by atoms with Crippen LogP contribution in [0.3, 0.4) is 0 Å². The molecule has 6 nitrogen and oxygen atoms in total. The number of carbonyl (C=O) groups is 1. The zero-order valence-electron chi connectivity index (χ0n) is 15.7. The third kappa shape index (κ3) is 5.37. The summed E-state index contributed by atoms with van der Waals surface area (Å²) in [7, 11) is 1.86. The molecule has 0 amide bonds. The van der Waals surface area contributed by atoms with E-state index in [1.165, 1.54) is 11.8 Å². The first-order chi connectivity index (χ1) is 14.0. The fourth-order valence-electron chi connectivity index (χ4n) is 2.66. The minimum Gasteiger partial charge on any atom is -0.486 e. The van der Waals surface area contributed by atoms with E-state index in [1.54, 1.807) is 18.2 Å². The summed E-state index contributed by atoms with van der Waals surface area (Å²) in [4.78, 5) is 22.0. The molecule has 8 heteroatoms. The minimum atomic E-state index is -1.13. The van der Waals surface area contributed by atoms with Gasteiger partial charge in [-0.05, 0) is 24.1 Å². The highest BCUT2D eigenvalue weighted by Crippen LogP contribution is 2.32. The summed E-state index contributed by atoms with van der Waals surface area (Å²) in [6.07, 6.45) is 2.10. The number of aromatic carboxylic acids is 1. The zero-order chi connectivity index (χ0) is 20.8. The van der Waals surface area contributed by atoms with Crippen LogP contribution in [0.4, 0.5) is 5.95 Å². The van der Waals surface area contributed by atoms with Gasteiger partial charge in [-0.15, -0.1) is 0 Å². The number of likely N-dealkylation sites (N-methyl/N-ethyl adjacent to an activating group) is 1. The van der Waals surface area contributed by atoms with Crippen molar-refractivity contribution < 1.29 is 14.6 Å². The monoisotopic (exact) mass is 431 g/mol. The lowest BCUT2D eigenvalue weighted by Crippen LogP contribution is -2.24. The normalized spacial score (nSPS) is 10.6. The number of anilines is 1. The van der Waals surface area contributed by atoms with Gasteiger partial charge >= 0.3 is 5.97 Å². The van der Waals surface area contributed by atoms with Gasteiger partial charge in [-0.25, -0.2) is 14.8 Å². The minimum absolute atomic E-state index is 0.0247. The molecule has 3 aromatic rings. The van der Waals surface area contributed by atoms with E-state index < -0.39 is 5.97 Å². The van der Waals surface area contributed by atoms with E-state index in [1.807, 2.05) is 30.1 Å². The second-order valence-electron chi connectivity index (χ2n) is 6.33. The molecule has 1 heterocycles. The summed E-state index contributed by atoms with van der Waals surface area (Å²) < 4.78 is 5.67. The van der Waals surface area contributed by atoms with Crippen molar-refractivity contribution in [2.75, 3.05) is 18.5 Å². The van der Waals surface area contributed by atoms with Gasteiger partial charge in [0.1, 0.15) is 22.9 Å². The fourth-order valence-corrected chi connectivity index (χ4v) is 3.01. The molecule has 0 spiro atoms. The standard InChI is InChI=1S/C21H19Cl2N3O3/c1-26(11-10-14-6-3-2-4-7-14)21-24-12-15(20(27)28)17(25-21)13-29-18-9-5-8-16(22)19(18)23/h2-9,12H,10-11,13H2,1H3,(H,27,28). The Balaban J connectivity index is 1.76. The summed E-state index contributed by atoms with van der Waals surface area (Å²) >= 11 is 12.1. The smallest absolute Gasteiger partial charge is 0.339 e. The van der Waals surface area contributed by atoms with Crippen LogP contribution in [0.25, 0.3) is 0 Å². The molecule has 1 N–H and O–H groups in total. The van der Waals surface area contributed by atoms with Gasteiger partial charge in [-0.1, -0.05) is 59.6 Å². The fraction of sp³-hybridized carbons (Fsp3) is 0.190. The Morgan fingerprint density at radius 3 is 2.62 bits per heavy atom. The van der Waals surface area contributed by atoms with Crippen molar-refractivity contribution in [3.63, 3.8) is 0 Å².